The fourth-order valence-electron chi connectivity index (χ4n) is 2.72. The zero-order chi connectivity index (χ0) is 19.6. The Balaban J connectivity index is 1.97. The van der Waals surface area contributed by atoms with Crippen LogP contribution in [-0.4, -0.2) is 27.2 Å². The van der Waals surface area contributed by atoms with Gasteiger partial charge in [-0.05, 0) is 30.3 Å². The Bertz CT molecular complexity index is 1040. The van der Waals surface area contributed by atoms with Crippen LogP contribution in [0.2, 0.25) is 0 Å². The van der Waals surface area contributed by atoms with Crippen LogP contribution >= 0.6 is 0 Å². The SMILES string of the molecule is COC(=O)c1ccc(Oc2coc3c(C[NH+](C)C)c([O-])ccc3c2=O)cc1. The summed E-state index contributed by atoms with van der Waals surface area (Å²) in [7, 11) is 5.12. The van der Waals surface area contributed by atoms with Crippen LogP contribution in [-0.2, 0) is 11.3 Å². The number of hydrogen-bond donors (Lipinski definition) is 1. The number of quaternary nitrogens is 1. The number of carbonyl (C=O) groups excluding carboxylic acids is 1. The standard InChI is InChI=1S/C20H19NO6/c1-21(2)10-15-16(22)9-8-14-18(23)17(11-26-19(14)15)27-13-6-4-12(5-7-13)20(24)25-3/h4-9,11,22H,10H2,1-3H3. The van der Waals surface area contributed by atoms with Crippen molar-refractivity contribution in [2.75, 3.05) is 21.2 Å². The average molecular weight is 369 g/mol. The molecular weight excluding hydrogens is 350 g/mol. The molecule has 1 N–H and O–H groups in total. The zero-order valence-corrected chi connectivity index (χ0v) is 15.2. The maximum absolute atomic E-state index is 12.7. The molecular formula is C20H19NO6. The number of ether oxygens (including phenoxy) is 2. The van der Waals surface area contributed by atoms with Gasteiger partial charge in [-0.25, -0.2) is 4.79 Å². The second-order valence-electron chi connectivity index (χ2n) is 6.35. The topological polar surface area (TPSA) is 93.2 Å². The van der Waals surface area contributed by atoms with Crippen LogP contribution < -0.4 is 20.2 Å². The second kappa shape index (κ2) is 7.51. The van der Waals surface area contributed by atoms with Gasteiger partial charge in [0.2, 0.25) is 11.2 Å². The van der Waals surface area contributed by atoms with Crippen molar-refractivity contribution in [3.8, 4) is 17.2 Å². The molecule has 0 unspecified atom stereocenters. The highest BCUT2D eigenvalue weighted by Crippen LogP contribution is 2.26. The summed E-state index contributed by atoms with van der Waals surface area (Å²) in [5, 5.41) is 12.4. The van der Waals surface area contributed by atoms with E-state index in [2.05, 4.69) is 4.74 Å². The van der Waals surface area contributed by atoms with Gasteiger partial charge in [0.05, 0.1) is 32.2 Å². The molecule has 0 amide bonds. The average Bonchev–Trinajstić information content (AvgIpc) is 2.66. The molecule has 0 aliphatic carbocycles. The van der Waals surface area contributed by atoms with Gasteiger partial charge in [0.25, 0.3) is 0 Å². The minimum absolute atomic E-state index is 0.00452. The highest BCUT2D eigenvalue weighted by molar-refractivity contribution is 5.89. The highest BCUT2D eigenvalue weighted by Gasteiger charge is 2.15. The molecule has 2 aromatic carbocycles. The summed E-state index contributed by atoms with van der Waals surface area (Å²) in [5.74, 6) is -0.266. The van der Waals surface area contributed by atoms with Gasteiger partial charge in [-0.15, -0.1) is 0 Å². The van der Waals surface area contributed by atoms with Gasteiger partial charge in [-0.2, -0.15) is 0 Å². The van der Waals surface area contributed by atoms with E-state index in [4.69, 9.17) is 9.15 Å². The summed E-state index contributed by atoms with van der Waals surface area (Å²) in [6.45, 7) is 0.439. The quantitative estimate of drug-likeness (QED) is 0.677. The molecule has 0 radical (unpaired) electrons. The number of fused-ring (bicyclic) bond motifs is 1. The third-order valence-corrected chi connectivity index (χ3v) is 4.00. The predicted octanol–water partition coefficient (Wildman–Crippen LogP) is 1.09. The van der Waals surface area contributed by atoms with Crippen molar-refractivity contribution >= 4 is 16.9 Å². The summed E-state index contributed by atoms with van der Waals surface area (Å²) in [6.07, 6.45) is 1.20. The lowest BCUT2D eigenvalue weighted by Crippen LogP contribution is -3.04. The number of hydrogen-bond acceptors (Lipinski definition) is 6. The molecule has 3 rings (SSSR count). The summed E-state index contributed by atoms with van der Waals surface area (Å²) in [6, 6.07) is 8.99. The lowest BCUT2D eigenvalue weighted by molar-refractivity contribution is -0.872. The molecule has 27 heavy (non-hydrogen) atoms. The van der Waals surface area contributed by atoms with Crippen molar-refractivity contribution in [2.24, 2.45) is 0 Å². The number of benzene rings is 2. The van der Waals surface area contributed by atoms with Crippen molar-refractivity contribution in [2.45, 2.75) is 6.54 Å². The van der Waals surface area contributed by atoms with Crippen molar-refractivity contribution in [1.82, 2.24) is 0 Å². The third kappa shape index (κ3) is 3.78. The Hall–Kier alpha value is -3.32. The second-order valence-corrected chi connectivity index (χ2v) is 6.35. The number of methoxy groups -OCH3 is 1. The maximum atomic E-state index is 12.7. The van der Waals surface area contributed by atoms with E-state index in [0.717, 1.165) is 4.90 Å². The molecule has 0 aliphatic heterocycles. The van der Waals surface area contributed by atoms with Crippen LogP contribution in [0.4, 0.5) is 0 Å². The summed E-state index contributed by atoms with van der Waals surface area (Å²) < 4.78 is 15.8. The van der Waals surface area contributed by atoms with Crippen LogP contribution in [0, 0.1) is 0 Å². The van der Waals surface area contributed by atoms with Gasteiger partial charge in [0.15, 0.2) is 0 Å². The van der Waals surface area contributed by atoms with E-state index in [1.807, 2.05) is 14.1 Å². The Kier molecular flexibility index (Phi) is 5.14. The lowest BCUT2D eigenvalue weighted by Gasteiger charge is -2.17. The van der Waals surface area contributed by atoms with Gasteiger partial charge in [0.1, 0.15) is 24.1 Å². The molecule has 7 heteroatoms. The minimum atomic E-state index is -0.462. The van der Waals surface area contributed by atoms with Crippen LogP contribution in [0.25, 0.3) is 11.0 Å². The first-order valence-corrected chi connectivity index (χ1v) is 8.30. The Morgan fingerprint density at radius 2 is 1.85 bits per heavy atom. The molecule has 0 fully saturated rings. The monoisotopic (exact) mass is 369 g/mol. The Morgan fingerprint density at radius 3 is 2.48 bits per heavy atom. The number of nitrogens with one attached hydrogen (secondary N) is 1. The first-order chi connectivity index (χ1) is 12.9. The fourth-order valence-corrected chi connectivity index (χ4v) is 2.72. The van der Waals surface area contributed by atoms with Gasteiger partial charge in [0, 0.05) is 5.56 Å². The molecule has 140 valence electrons. The summed E-state index contributed by atoms with van der Waals surface area (Å²) >= 11 is 0. The summed E-state index contributed by atoms with van der Waals surface area (Å²) in [4.78, 5) is 25.2. The van der Waals surface area contributed by atoms with Gasteiger partial charge in [-0.3, -0.25) is 4.79 Å². The molecule has 1 heterocycles. The van der Waals surface area contributed by atoms with E-state index >= 15 is 0 Å². The minimum Gasteiger partial charge on any atom is -0.872 e. The van der Waals surface area contributed by atoms with Crippen LogP contribution in [0.5, 0.6) is 17.2 Å². The molecule has 3 aromatic rings. The molecule has 1 aromatic heterocycles. The van der Waals surface area contributed by atoms with Gasteiger partial charge in [-0.1, -0.05) is 11.8 Å². The van der Waals surface area contributed by atoms with Crippen LogP contribution in [0.1, 0.15) is 15.9 Å². The number of esters is 1. The normalized spacial score (nSPS) is 11.0. The van der Waals surface area contributed by atoms with E-state index in [0.29, 0.717) is 23.4 Å². The van der Waals surface area contributed by atoms with Gasteiger partial charge >= 0.3 is 5.97 Å². The first kappa shape index (κ1) is 18.5. The lowest BCUT2D eigenvalue weighted by atomic mass is 10.1. The largest absolute Gasteiger partial charge is 0.872 e. The third-order valence-electron chi connectivity index (χ3n) is 4.00. The van der Waals surface area contributed by atoms with Gasteiger partial charge < -0.3 is 23.9 Å². The number of rotatable bonds is 5. The molecule has 7 nitrogen and oxygen atoms in total. The first-order valence-electron chi connectivity index (χ1n) is 8.30. The Morgan fingerprint density at radius 1 is 1.15 bits per heavy atom. The molecule has 0 atom stereocenters. The zero-order valence-electron chi connectivity index (χ0n) is 15.2. The van der Waals surface area contributed by atoms with E-state index in [1.54, 1.807) is 12.1 Å². The van der Waals surface area contributed by atoms with Crippen molar-refractivity contribution < 1.29 is 28.7 Å². The van der Waals surface area contributed by atoms with E-state index in [9.17, 15) is 14.7 Å². The molecule has 0 aliphatic rings. The van der Waals surface area contributed by atoms with Crippen LogP contribution in [0.15, 0.2) is 51.9 Å². The van der Waals surface area contributed by atoms with E-state index in [-0.39, 0.29) is 27.9 Å². The molecule has 0 saturated heterocycles. The Labute approximate surface area is 155 Å². The number of carbonyl (C=O) groups is 1. The summed E-state index contributed by atoms with van der Waals surface area (Å²) in [5.41, 5.74) is 0.734. The van der Waals surface area contributed by atoms with Crippen molar-refractivity contribution in [1.29, 1.82) is 0 Å². The van der Waals surface area contributed by atoms with Crippen molar-refractivity contribution in [3.05, 3.63) is 64.0 Å². The fraction of sp³-hybridized carbons (Fsp3) is 0.200. The van der Waals surface area contributed by atoms with Crippen molar-refractivity contribution in [3.63, 3.8) is 0 Å². The predicted molar refractivity (Wildman–Crippen MR) is 96.3 cm³/mol. The highest BCUT2D eigenvalue weighted by atomic mass is 16.5. The molecule has 0 spiro atoms. The van der Waals surface area contributed by atoms with E-state index < -0.39 is 5.97 Å². The molecule has 0 saturated carbocycles. The smallest absolute Gasteiger partial charge is 0.337 e. The maximum Gasteiger partial charge on any atom is 0.337 e. The van der Waals surface area contributed by atoms with E-state index in [1.165, 1.54) is 37.6 Å². The molecule has 0 bridgehead atoms. The van der Waals surface area contributed by atoms with Crippen LogP contribution in [0.3, 0.4) is 0 Å².